The molecule has 1 spiro atoms. The normalized spacial score (nSPS) is 35.5. The number of ether oxygens (including phenoxy) is 5. The predicted molar refractivity (Wildman–Crippen MR) is 95.7 cm³/mol. The molecule has 0 radical (unpaired) electrons. The Morgan fingerprint density at radius 2 is 2.15 bits per heavy atom. The van der Waals surface area contributed by atoms with E-state index in [1.165, 1.54) is 0 Å². The van der Waals surface area contributed by atoms with Crippen molar-refractivity contribution in [3.8, 4) is 17.2 Å². The highest BCUT2D eigenvalue weighted by Gasteiger charge is 2.68. The van der Waals surface area contributed by atoms with E-state index in [1.54, 1.807) is 13.2 Å². The number of rotatable bonds is 4. The molecule has 6 heteroatoms. The summed E-state index contributed by atoms with van der Waals surface area (Å²) in [6, 6.07) is 3.93. The van der Waals surface area contributed by atoms with E-state index >= 15 is 0 Å². The molecule has 1 saturated carbocycles. The largest absolute Gasteiger partial charge is 0.493 e. The summed E-state index contributed by atoms with van der Waals surface area (Å²) >= 11 is 0. The maximum Gasteiger partial charge on any atom is 0.231 e. The van der Waals surface area contributed by atoms with Crippen LogP contribution in [0.4, 0.5) is 0 Å². The molecule has 4 atom stereocenters. The first-order valence-electron chi connectivity index (χ1n) is 9.17. The van der Waals surface area contributed by atoms with Crippen LogP contribution >= 0.6 is 0 Å². The van der Waals surface area contributed by atoms with Crippen LogP contribution in [0.1, 0.15) is 31.2 Å². The van der Waals surface area contributed by atoms with Gasteiger partial charge in [-0.05, 0) is 30.5 Å². The maximum atomic E-state index is 13.3. The molecular formula is C21H22O6. The van der Waals surface area contributed by atoms with Gasteiger partial charge in [-0.3, -0.25) is 4.79 Å². The molecule has 2 bridgehead atoms. The Hall–Kier alpha value is -2.47. The molecule has 2 fully saturated rings. The fourth-order valence-electron chi connectivity index (χ4n) is 5.53. The van der Waals surface area contributed by atoms with Crippen molar-refractivity contribution in [2.24, 2.45) is 11.3 Å². The second-order valence-electron chi connectivity index (χ2n) is 7.72. The Balaban J connectivity index is 1.70. The van der Waals surface area contributed by atoms with Gasteiger partial charge in [0.05, 0.1) is 7.11 Å². The molecule has 2 aliphatic carbocycles. The molecular weight excluding hydrogens is 348 g/mol. The van der Waals surface area contributed by atoms with E-state index in [9.17, 15) is 4.79 Å². The van der Waals surface area contributed by atoms with Crippen LogP contribution in [0.3, 0.4) is 0 Å². The summed E-state index contributed by atoms with van der Waals surface area (Å²) in [6.45, 7) is 6.40. The minimum atomic E-state index is -0.614. The zero-order chi connectivity index (χ0) is 18.8. The number of hydrogen-bond acceptors (Lipinski definition) is 6. The van der Waals surface area contributed by atoms with Crippen LogP contribution in [0, 0.1) is 11.3 Å². The molecule has 1 aromatic rings. The maximum absolute atomic E-state index is 13.3. The van der Waals surface area contributed by atoms with Crippen LogP contribution in [-0.2, 0) is 14.3 Å². The summed E-state index contributed by atoms with van der Waals surface area (Å²) in [4.78, 5) is 13.3. The van der Waals surface area contributed by atoms with Gasteiger partial charge in [-0.2, -0.15) is 0 Å². The van der Waals surface area contributed by atoms with Crippen molar-refractivity contribution in [3.63, 3.8) is 0 Å². The number of hydrogen-bond donors (Lipinski definition) is 0. The molecule has 2 aliphatic heterocycles. The number of fused-ring (bicyclic) bond motifs is 2. The summed E-state index contributed by atoms with van der Waals surface area (Å²) in [6.07, 6.45) is 4.64. The van der Waals surface area contributed by atoms with E-state index in [4.69, 9.17) is 23.7 Å². The summed E-state index contributed by atoms with van der Waals surface area (Å²) < 4.78 is 28.4. The van der Waals surface area contributed by atoms with E-state index in [-0.39, 0.29) is 31.2 Å². The van der Waals surface area contributed by atoms with E-state index in [0.717, 1.165) is 5.56 Å². The SMILES string of the molecule is C=CC[C@@]12C[C@]3(OCOC3=CC1=O)[C@@H](C)[C@@H]2c1cc(OC)c2c(c1)OCO2. The summed E-state index contributed by atoms with van der Waals surface area (Å²) in [5.41, 5.74) is -0.191. The second kappa shape index (κ2) is 5.52. The summed E-state index contributed by atoms with van der Waals surface area (Å²) in [5, 5.41) is 0. The molecule has 5 rings (SSSR count). The molecule has 27 heavy (non-hydrogen) atoms. The molecule has 142 valence electrons. The minimum Gasteiger partial charge on any atom is -0.493 e. The zero-order valence-corrected chi connectivity index (χ0v) is 15.4. The number of benzene rings is 1. The Morgan fingerprint density at radius 1 is 1.30 bits per heavy atom. The van der Waals surface area contributed by atoms with Crippen molar-refractivity contribution < 1.29 is 28.5 Å². The van der Waals surface area contributed by atoms with Crippen LogP contribution in [-0.4, -0.2) is 32.1 Å². The quantitative estimate of drug-likeness (QED) is 0.758. The van der Waals surface area contributed by atoms with Gasteiger partial charge in [0.2, 0.25) is 12.5 Å². The Kier molecular flexibility index (Phi) is 3.41. The first kappa shape index (κ1) is 16.7. The highest BCUT2D eigenvalue weighted by Crippen LogP contribution is 2.67. The molecule has 0 N–H and O–H groups in total. The van der Waals surface area contributed by atoms with Gasteiger partial charge < -0.3 is 23.7 Å². The number of carbonyl (C=O) groups is 1. The van der Waals surface area contributed by atoms with E-state index in [0.29, 0.717) is 35.8 Å². The predicted octanol–water partition coefficient (Wildman–Crippen LogP) is 3.32. The molecule has 0 amide bonds. The van der Waals surface area contributed by atoms with Gasteiger partial charge in [-0.1, -0.05) is 13.0 Å². The monoisotopic (exact) mass is 370 g/mol. The fourth-order valence-corrected chi connectivity index (χ4v) is 5.53. The van der Waals surface area contributed by atoms with Crippen molar-refractivity contribution in [3.05, 3.63) is 42.2 Å². The molecule has 1 saturated heterocycles. The van der Waals surface area contributed by atoms with Crippen molar-refractivity contribution in [2.75, 3.05) is 20.7 Å². The van der Waals surface area contributed by atoms with E-state index in [1.807, 2.05) is 18.2 Å². The lowest BCUT2D eigenvalue weighted by atomic mass is 9.67. The van der Waals surface area contributed by atoms with Crippen LogP contribution in [0.25, 0.3) is 0 Å². The van der Waals surface area contributed by atoms with Crippen molar-refractivity contribution in [1.82, 2.24) is 0 Å². The average Bonchev–Trinajstić information content (AvgIpc) is 3.33. The third kappa shape index (κ3) is 1.96. The summed E-state index contributed by atoms with van der Waals surface area (Å²) in [5.74, 6) is 2.57. The number of ketones is 1. The molecule has 0 aromatic heterocycles. The smallest absolute Gasteiger partial charge is 0.231 e. The van der Waals surface area contributed by atoms with Gasteiger partial charge in [0.15, 0.2) is 24.1 Å². The third-order valence-electron chi connectivity index (χ3n) is 6.66. The Bertz CT molecular complexity index is 874. The van der Waals surface area contributed by atoms with Gasteiger partial charge in [0, 0.05) is 23.3 Å². The van der Waals surface area contributed by atoms with Gasteiger partial charge >= 0.3 is 0 Å². The Labute approximate surface area is 157 Å². The Morgan fingerprint density at radius 3 is 2.93 bits per heavy atom. The highest BCUT2D eigenvalue weighted by atomic mass is 16.7. The van der Waals surface area contributed by atoms with Gasteiger partial charge in [-0.25, -0.2) is 0 Å². The highest BCUT2D eigenvalue weighted by molar-refractivity contribution is 5.99. The molecule has 6 nitrogen and oxygen atoms in total. The van der Waals surface area contributed by atoms with Gasteiger partial charge in [0.25, 0.3) is 0 Å². The van der Waals surface area contributed by atoms with Gasteiger partial charge in [0.1, 0.15) is 11.4 Å². The van der Waals surface area contributed by atoms with E-state index < -0.39 is 11.0 Å². The van der Waals surface area contributed by atoms with Crippen molar-refractivity contribution in [2.45, 2.75) is 31.3 Å². The lowest BCUT2D eigenvalue weighted by molar-refractivity contribution is -0.126. The number of methoxy groups -OCH3 is 1. The molecule has 2 heterocycles. The van der Waals surface area contributed by atoms with Crippen molar-refractivity contribution in [1.29, 1.82) is 0 Å². The minimum absolute atomic E-state index is 0.0442. The van der Waals surface area contributed by atoms with Crippen LogP contribution < -0.4 is 14.2 Å². The fraction of sp³-hybridized carbons (Fsp3) is 0.476. The first-order chi connectivity index (χ1) is 13.1. The standard InChI is InChI=1S/C21H22O6/c1-4-5-20-9-21(17(8-16(20)22)25-11-27-21)12(2)18(20)13-6-14(23-3)19-15(7-13)24-10-26-19/h4,6-8,12,18H,1,5,9-11H2,2-3H3/t12-,18+,20+,21-/m0/s1. The van der Waals surface area contributed by atoms with Crippen molar-refractivity contribution >= 4 is 5.78 Å². The van der Waals surface area contributed by atoms with Crippen LogP contribution in [0.15, 0.2) is 36.6 Å². The molecule has 0 unspecified atom stereocenters. The van der Waals surface area contributed by atoms with Crippen LogP contribution in [0.5, 0.6) is 17.2 Å². The average molecular weight is 370 g/mol. The molecule has 1 aromatic carbocycles. The lowest BCUT2D eigenvalue weighted by Gasteiger charge is -2.35. The second-order valence-corrected chi connectivity index (χ2v) is 7.72. The first-order valence-corrected chi connectivity index (χ1v) is 9.17. The topological polar surface area (TPSA) is 63.2 Å². The third-order valence-corrected chi connectivity index (χ3v) is 6.66. The number of allylic oxidation sites excluding steroid dienone is 2. The number of carbonyl (C=O) groups excluding carboxylic acids is 1. The zero-order valence-electron chi connectivity index (χ0n) is 15.4. The van der Waals surface area contributed by atoms with E-state index in [2.05, 4.69) is 13.5 Å². The molecule has 4 aliphatic rings. The lowest BCUT2D eigenvalue weighted by Crippen LogP contribution is -2.39. The van der Waals surface area contributed by atoms with Crippen LogP contribution in [0.2, 0.25) is 0 Å². The summed E-state index contributed by atoms with van der Waals surface area (Å²) in [7, 11) is 1.61. The van der Waals surface area contributed by atoms with Gasteiger partial charge in [-0.15, -0.1) is 6.58 Å².